The summed E-state index contributed by atoms with van der Waals surface area (Å²) in [5, 5.41) is 4.99. The van der Waals surface area contributed by atoms with Crippen molar-refractivity contribution in [1.29, 1.82) is 0 Å². The van der Waals surface area contributed by atoms with Gasteiger partial charge in [0.05, 0.1) is 9.92 Å². The molecule has 8 heteroatoms. The normalized spacial score (nSPS) is 11.4. The maximum Gasteiger partial charge on any atom is 0.238 e. The van der Waals surface area contributed by atoms with Gasteiger partial charge in [0.1, 0.15) is 5.75 Å². The van der Waals surface area contributed by atoms with Crippen LogP contribution in [0.5, 0.6) is 11.5 Å². The monoisotopic (exact) mass is 379 g/mol. The van der Waals surface area contributed by atoms with E-state index in [1.54, 1.807) is 6.07 Å². The van der Waals surface area contributed by atoms with Gasteiger partial charge in [0.2, 0.25) is 10.0 Å². The topological polar surface area (TPSA) is 69.4 Å². The first-order chi connectivity index (χ1) is 9.27. The van der Waals surface area contributed by atoms with Gasteiger partial charge in [-0.25, -0.2) is 17.9 Å². The quantitative estimate of drug-likeness (QED) is 0.883. The number of hydrogen-bond donors (Lipinski definition) is 1. The van der Waals surface area contributed by atoms with E-state index in [9.17, 15) is 12.8 Å². The number of benzene rings is 2. The van der Waals surface area contributed by atoms with Gasteiger partial charge >= 0.3 is 0 Å². The van der Waals surface area contributed by atoms with E-state index in [0.29, 0.717) is 4.47 Å². The first-order valence-corrected chi connectivity index (χ1v) is 7.94. The molecule has 0 spiro atoms. The van der Waals surface area contributed by atoms with E-state index in [2.05, 4.69) is 15.9 Å². The van der Waals surface area contributed by atoms with Crippen LogP contribution in [0, 0.1) is 5.82 Å². The Bertz CT molecular complexity index is 767. The van der Waals surface area contributed by atoms with Crippen molar-refractivity contribution in [1.82, 2.24) is 0 Å². The van der Waals surface area contributed by atoms with E-state index in [-0.39, 0.29) is 21.4 Å². The van der Waals surface area contributed by atoms with Crippen LogP contribution in [0.15, 0.2) is 45.8 Å². The molecule has 0 amide bonds. The summed E-state index contributed by atoms with van der Waals surface area (Å²) >= 11 is 9.02. The van der Waals surface area contributed by atoms with Gasteiger partial charge in [0.15, 0.2) is 11.6 Å². The van der Waals surface area contributed by atoms with Gasteiger partial charge in [-0.1, -0.05) is 27.5 Å². The molecule has 0 atom stereocenters. The minimum Gasteiger partial charge on any atom is -0.453 e. The van der Waals surface area contributed by atoms with E-state index in [4.69, 9.17) is 21.5 Å². The standard InChI is InChI=1S/C12H8BrClFNO3S/c13-7-1-3-12(10(15)5-7)19-11-4-2-8(6-9(11)14)20(16,17)18/h1-6H,(H2,16,17,18). The maximum absolute atomic E-state index is 13.6. The van der Waals surface area contributed by atoms with E-state index < -0.39 is 15.8 Å². The summed E-state index contributed by atoms with van der Waals surface area (Å²) in [4.78, 5) is -0.147. The second-order valence-corrected chi connectivity index (χ2v) is 6.70. The maximum atomic E-state index is 13.6. The van der Waals surface area contributed by atoms with Crippen molar-refractivity contribution in [3.8, 4) is 11.5 Å². The molecule has 2 rings (SSSR count). The minimum absolute atomic E-state index is 0.0128. The molecule has 2 aromatic carbocycles. The highest BCUT2D eigenvalue weighted by atomic mass is 79.9. The number of halogens is 3. The number of hydrogen-bond acceptors (Lipinski definition) is 3. The van der Waals surface area contributed by atoms with Gasteiger partial charge in [-0.3, -0.25) is 0 Å². The Morgan fingerprint density at radius 3 is 2.35 bits per heavy atom. The summed E-state index contributed by atoms with van der Waals surface area (Å²) in [6, 6.07) is 7.94. The van der Waals surface area contributed by atoms with Gasteiger partial charge in [-0.15, -0.1) is 0 Å². The molecular weight excluding hydrogens is 373 g/mol. The van der Waals surface area contributed by atoms with Gasteiger partial charge in [-0.05, 0) is 36.4 Å². The zero-order valence-electron chi connectivity index (χ0n) is 9.81. The number of sulfonamides is 1. The molecule has 0 aliphatic heterocycles. The van der Waals surface area contributed by atoms with Crippen LogP contribution in [0.3, 0.4) is 0 Å². The molecule has 4 nitrogen and oxygen atoms in total. The summed E-state index contributed by atoms with van der Waals surface area (Å²) in [5.74, 6) is -0.482. The minimum atomic E-state index is -3.85. The Morgan fingerprint density at radius 2 is 1.80 bits per heavy atom. The van der Waals surface area contributed by atoms with Crippen LogP contribution in [0.2, 0.25) is 5.02 Å². The third kappa shape index (κ3) is 3.49. The molecule has 0 aliphatic rings. The summed E-state index contributed by atoms with van der Waals surface area (Å²) in [5.41, 5.74) is 0. The molecule has 0 fully saturated rings. The fourth-order valence-electron chi connectivity index (χ4n) is 1.42. The number of ether oxygens (including phenoxy) is 1. The van der Waals surface area contributed by atoms with E-state index in [1.165, 1.54) is 24.3 Å². The summed E-state index contributed by atoms with van der Waals surface area (Å²) in [7, 11) is -3.85. The molecule has 0 heterocycles. The first-order valence-electron chi connectivity index (χ1n) is 5.22. The van der Waals surface area contributed by atoms with Crippen LogP contribution in [-0.2, 0) is 10.0 Å². The van der Waals surface area contributed by atoms with Gasteiger partial charge < -0.3 is 4.74 Å². The number of nitrogens with two attached hydrogens (primary N) is 1. The highest BCUT2D eigenvalue weighted by Gasteiger charge is 2.13. The number of rotatable bonds is 3. The average molecular weight is 381 g/mol. The van der Waals surface area contributed by atoms with E-state index >= 15 is 0 Å². The van der Waals surface area contributed by atoms with Crippen LogP contribution < -0.4 is 9.88 Å². The summed E-state index contributed by atoms with van der Waals surface area (Å²) < 4.78 is 41.8. The molecule has 0 unspecified atom stereocenters. The Kier molecular flexibility index (Phi) is 4.33. The molecule has 0 radical (unpaired) electrons. The third-order valence-corrected chi connectivity index (χ3v) is 4.05. The van der Waals surface area contributed by atoms with Crippen LogP contribution in [0.1, 0.15) is 0 Å². The Balaban J connectivity index is 2.35. The van der Waals surface area contributed by atoms with Crippen LogP contribution in [0.25, 0.3) is 0 Å². The fourth-order valence-corrected chi connectivity index (χ4v) is 2.57. The predicted molar refractivity (Wildman–Crippen MR) is 77.0 cm³/mol. The lowest BCUT2D eigenvalue weighted by molar-refractivity contribution is 0.442. The lowest BCUT2D eigenvalue weighted by Crippen LogP contribution is -2.11. The zero-order chi connectivity index (χ0) is 14.9. The summed E-state index contributed by atoms with van der Waals surface area (Å²) in [6.07, 6.45) is 0. The third-order valence-electron chi connectivity index (χ3n) is 2.35. The second-order valence-electron chi connectivity index (χ2n) is 3.81. The van der Waals surface area contributed by atoms with E-state index in [0.717, 1.165) is 6.07 Å². The van der Waals surface area contributed by atoms with Crippen LogP contribution >= 0.6 is 27.5 Å². The molecular formula is C12H8BrClFNO3S. The lowest BCUT2D eigenvalue weighted by atomic mass is 10.3. The average Bonchev–Trinajstić information content (AvgIpc) is 2.33. The fraction of sp³-hybridized carbons (Fsp3) is 0. The first kappa shape index (κ1) is 15.2. The molecule has 0 aromatic heterocycles. The van der Waals surface area contributed by atoms with Gasteiger partial charge in [0.25, 0.3) is 0 Å². The molecule has 2 aromatic rings. The lowest BCUT2D eigenvalue weighted by Gasteiger charge is -2.09. The van der Waals surface area contributed by atoms with Crippen molar-refractivity contribution in [2.24, 2.45) is 5.14 Å². The number of primary sulfonamides is 1. The molecule has 2 N–H and O–H groups in total. The molecule has 0 saturated heterocycles. The Hall–Kier alpha value is -1.15. The molecule has 106 valence electrons. The Labute approximate surface area is 128 Å². The van der Waals surface area contributed by atoms with Crippen molar-refractivity contribution in [2.75, 3.05) is 0 Å². The van der Waals surface area contributed by atoms with E-state index in [1.807, 2.05) is 0 Å². The largest absolute Gasteiger partial charge is 0.453 e. The van der Waals surface area contributed by atoms with Crippen molar-refractivity contribution in [3.63, 3.8) is 0 Å². The zero-order valence-corrected chi connectivity index (χ0v) is 13.0. The SMILES string of the molecule is NS(=O)(=O)c1ccc(Oc2ccc(Br)cc2F)c(Cl)c1. The Morgan fingerprint density at radius 1 is 1.15 bits per heavy atom. The molecule has 0 aliphatic carbocycles. The molecule has 20 heavy (non-hydrogen) atoms. The second kappa shape index (κ2) is 5.69. The van der Waals surface area contributed by atoms with Crippen LogP contribution in [-0.4, -0.2) is 8.42 Å². The van der Waals surface area contributed by atoms with Crippen molar-refractivity contribution in [3.05, 3.63) is 51.7 Å². The van der Waals surface area contributed by atoms with Crippen molar-refractivity contribution >= 4 is 37.6 Å². The molecule has 0 bridgehead atoms. The van der Waals surface area contributed by atoms with Crippen molar-refractivity contribution < 1.29 is 17.5 Å². The van der Waals surface area contributed by atoms with Gasteiger partial charge in [-0.2, -0.15) is 0 Å². The van der Waals surface area contributed by atoms with Crippen molar-refractivity contribution in [2.45, 2.75) is 4.90 Å². The summed E-state index contributed by atoms with van der Waals surface area (Å²) in [6.45, 7) is 0. The van der Waals surface area contributed by atoms with Crippen LogP contribution in [0.4, 0.5) is 4.39 Å². The predicted octanol–water partition coefficient (Wildman–Crippen LogP) is 3.68. The van der Waals surface area contributed by atoms with Gasteiger partial charge in [0, 0.05) is 4.47 Å². The smallest absolute Gasteiger partial charge is 0.238 e. The highest BCUT2D eigenvalue weighted by molar-refractivity contribution is 9.10. The molecule has 0 saturated carbocycles. The highest BCUT2D eigenvalue weighted by Crippen LogP contribution is 2.33.